The molecule has 0 saturated heterocycles. The number of anilines is 1. The highest BCUT2D eigenvalue weighted by Crippen LogP contribution is 2.39. The summed E-state index contributed by atoms with van der Waals surface area (Å²) in [5, 5.41) is 14.4. The number of nitrogens with one attached hydrogen (secondary N) is 1. The second-order valence-corrected chi connectivity index (χ2v) is 8.85. The number of nitrogens with zero attached hydrogens (tertiary/aromatic N) is 1. The van der Waals surface area contributed by atoms with Crippen LogP contribution in [0.4, 0.5) is 10.7 Å². The van der Waals surface area contributed by atoms with Gasteiger partial charge < -0.3 is 5.32 Å². The molecule has 2 rings (SSSR count). The van der Waals surface area contributed by atoms with Gasteiger partial charge in [0, 0.05) is 16.8 Å². The minimum absolute atomic E-state index is 0.0268. The zero-order valence-electron chi connectivity index (χ0n) is 11.7. The minimum atomic E-state index is -3.48. The third kappa shape index (κ3) is 3.65. The van der Waals surface area contributed by atoms with Crippen LogP contribution in [0.15, 0.2) is 39.0 Å². The molecule has 0 radical (unpaired) electrons. The van der Waals surface area contributed by atoms with Crippen LogP contribution in [-0.4, -0.2) is 19.6 Å². The summed E-state index contributed by atoms with van der Waals surface area (Å²) in [4.78, 5) is 10.5. The Morgan fingerprint density at radius 2 is 2.00 bits per heavy atom. The molecule has 1 heterocycles. The van der Waals surface area contributed by atoms with Crippen molar-refractivity contribution in [3.8, 4) is 0 Å². The van der Waals surface area contributed by atoms with Gasteiger partial charge in [-0.2, -0.15) is 0 Å². The molecule has 0 saturated carbocycles. The number of thiophene rings is 1. The molecule has 1 unspecified atom stereocenters. The highest BCUT2D eigenvalue weighted by molar-refractivity contribution is 9.10. The summed E-state index contributed by atoms with van der Waals surface area (Å²) in [6.07, 6.45) is 1.03. The van der Waals surface area contributed by atoms with E-state index in [1.165, 1.54) is 0 Å². The average molecular weight is 405 g/mol. The number of rotatable bonds is 5. The molecule has 1 N–H and O–H groups in total. The lowest BCUT2D eigenvalue weighted by atomic mass is 10.1. The Hall–Kier alpha value is -1.45. The van der Waals surface area contributed by atoms with Crippen LogP contribution in [0.2, 0.25) is 0 Å². The van der Waals surface area contributed by atoms with Crippen LogP contribution in [0.5, 0.6) is 0 Å². The van der Waals surface area contributed by atoms with Gasteiger partial charge in [-0.05, 0) is 18.6 Å². The molecule has 9 heteroatoms. The fraction of sp³-hybridized carbons (Fsp3) is 0.231. The predicted octanol–water partition coefficient (Wildman–Crippen LogP) is 4.00. The molecule has 0 amide bonds. The van der Waals surface area contributed by atoms with Crippen molar-refractivity contribution in [2.45, 2.75) is 17.2 Å². The summed E-state index contributed by atoms with van der Waals surface area (Å²) >= 11 is 4.30. The molecule has 0 aliphatic rings. The molecular formula is C13H13BrN2O4S2. The lowest BCUT2D eigenvalue weighted by Crippen LogP contribution is -2.07. The molecule has 1 aromatic heterocycles. The maximum atomic E-state index is 11.6. The van der Waals surface area contributed by atoms with Gasteiger partial charge in [-0.1, -0.05) is 45.5 Å². The first-order chi connectivity index (χ1) is 10.2. The predicted molar refractivity (Wildman–Crippen MR) is 90.3 cm³/mol. The van der Waals surface area contributed by atoms with Crippen LogP contribution in [0.3, 0.4) is 0 Å². The van der Waals surface area contributed by atoms with Crippen LogP contribution in [-0.2, 0) is 9.84 Å². The molecule has 2 aromatic rings. The van der Waals surface area contributed by atoms with E-state index < -0.39 is 14.8 Å². The number of hydrogen-bond acceptors (Lipinski definition) is 6. The van der Waals surface area contributed by atoms with E-state index >= 15 is 0 Å². The van der Waals surface area contributed by atoms with Crippen molar-refractivity contribution in [1.82, 2.24) is 0 Å². The maximum Gasteiger partial charge on any atom is 0.304 e. The number of benzene rings is 1. The van der Waals surface area contributed by atoms with Gasteiger partial charge in [0.1, 0.15) is 4.21 Å². The Labute approximate surface area is 140 Å². The molecule has 6 nitrogen and oxygen atoms in total. The van der Waals surface area contributed by atoms with Crippen molar-refractivity contribution in [1.29, 1.82) is 0 Å². The van der Waals surface area contributed by atoms with E-state index in [1.54, 1.807) is 0 Å². The smallest absolute Gasteiger partial charge is 0.304 e. The van der Waals surface area contributed by atoms with Gasteiger partial charge in [0.2, 0.25) is 0 Å². The Bertz CT molecular complexity index is 817. The number of nitro groups is 1. The highest BCUT2D eigenvalue weighted by atomic mass is 79.9. The zero-order chi connectivity index (χ0) is 16.5. The molecule has 0 bridgehead atoms. The molecular weight excluding hydrogens is 392 g/mol. The van der Waals surface area contributed by atoms with E-state index in [0.717, 1.165) is 33.7 Å². The summed E-state index contributed by atoms with van der Waals surface area (Å²) in [5.74, 6) is 0. The van der Waals surface area contributed by atoms with Crippen LogP contribution in [0.25, 0.3) is 0 Å². The minimum Gasteiger partial charge on any atom is -0.365 e. The molecule has 1 atom stereocenters. The number of hydrogen-bond donors (Lipinski definition) is 1. The van der Waals surface area contributed by atoms with Crippen molar-refractivity contribution < 1.29 is 13.3 Å². The van der Waals surface area contributed by atoms with Crippen molar-refractivity contribution >= 4 is 47.8 Å². The Morgan fingerprint density at radius 1 is 1.36 bits per heavy atom. The number of sulfone groups is 1. The first kappa shape index (κ1) is 16.9. The largest absolute Gasteiger partial charge is 0.365 e. The SMILES string of the molecule is CC(Nc1sc(S(C)(=O)=O)cc1[N+](=O)[O-])c1ccccc1Br. The molecule has 0 fully saturated rings. The lowest BCUT2D eigenvalue weighted by molar-refractivity contribution is -0.383. The molecule has 0 spiro atoms. The van der Waals surface area contributed by atoms with E-state index in [2.05, 4.69) is 21.2 Å². The second-order valence-electron chi connectivity index (χ2n) is 4.70. The van der Waals surface area contributed by atoms with Gasteiger partial charge in [0.25, 0.3) is 0 Å². The number of halogens is 1. The lowest BCUT2D eigenvalue weighted by Gasteiger charge is -2.15. The molecule has 0 aliphatic carbocycles. The second kappa shape index (κ2) is 6.35. The van der Waals surface area contributed by atoms with Crippen LogP contribution in [0.1, 0.15) is 18.5 Å². The average Bonchev–Trinajstić information content (AvgIpc) is 2.83. The van der Waals surface area contributed by atoms with Gasteiger partial charge in [-0.3, -0.25) is 10.1 Å². The fourth-order valence-corrected chi connectivity index (χ4v) is 4.54. The van der Waals surface area contributed by atoms with Crippen molar-refractivity contribution in [3.05, 3.63) is 50.5 Å². The maximum absolute atomic E-state index is 11.6. The van der Waals surface area contributed by atoms with E-state index in [0.29, 0.717) is 0 Å². The van der Waals surface area contributed by atoms with E-state index in [-0.39, 0.29) is 20.9 Å². The van der Waals surface area contributed by atoms with Gasteiger partial charge >= 0.3 is 5.69 Å². The van der Waals surface area contributed by atoms with E-state index in [9.17, 15) is 18.5 Å². The summed E-state index contributed by atoms with van der Waals surface area (Å²) in [6.45, 7) is 1.85. The van der Waals surface area contributed by atoms with Crippen LogP contribution >= 0.6 is 27.3 Å². The van der Waals surface area contributed by atoms with E-state index in [4.69, 9.17) is 0 Å². The summed E-state index contributed by atoms with van der Waals surface area (Å²) in [5.41, 5.74) is 0.690. The summed E-state index contributed by atoms with van der Waals surface area (Å²) < 4.78 is 24.0. The van der Waals surface area contributed by atoms with Crippen molar-refractivity contribution in [2.24, 2.45) is 0 Å². The Balaban J connectivity index is 2.39. The first-order valence-electron chi connectivity index (χ1n) is 6.19. The third-order valence-electron chi connectivity index (χ3n) is 2.97. The normalized spacial score (nSPS) is 12.9. The van der Waals surface area contributed by atoms with E-state index in [1.807, 2.05) is 31.2 Å². The van der Waals surface area contributed by atoms with Crippen molar-refractivity contribution in [3.63, 3.8) is 0 Å². The van der Waals surface area contributed by atoms with Crippen LogP contribution in [0, 0.1) is 10.1 Å². The first-order valence-corrected chi connectivity index (χ1v) is 9.69. The molecule has 1 aromatic carbocycles. The van der Waals surface area contributed by atoms with Gasteiger partial charge in [-0.15, -0.1) is 0 Å². The highest BCUT2D eigenvalue weighted by Gasteiger charge is 2.25. The monoisotopic (exact) mass is 404 g/mol. The quantitative estimate of drug-likeness (QED) is 0.600. The van der Waals surface area contributed by atoms with Gasteiger partial charge in [0.05, 0.1) is 11.0 Å². The van der Waals surface area contributed by atoms with Crippen LogP contribution < -0.4 is 5.32 Å². The standard InChI is InChI=1S/C13H13BrN2O4S2/c1-8(9-5-3-4-6-10(9)14)15-13-11(16(17)18)7-12(21-13)22(2,19)20/h3-8,15H,1-2H3. The Morgan fingerprint density at radius 3 is 2.55 bits per heavy atom. The molecule has 0 aliphatic heterocycles. The molecule has 22 heavy (non-hydrogen) atoms. The fourth-order valence-electron chi connectivity index (χ4n) is 1.88. The van der Waals surface area contributed by atoms with Crippen molar-refractivity contribution in [2.75, 3.05) is 11.6 Å². The van der Waals surface area contributed by atoms with Gasteiger partial charge in [-0.25, -0.2) is 8.42 Å². The Kier molecular flexibility index (Phi) is 4.88. The summed E-state index contributed by atoms with van der Waals surface area (Å²) in [6, 6.07) is 8.37. The topological polar surface area (TPSA) is 89.3 Å². The molecule has 118 valence electrons. The summed E-state index contributed by atoms with van der Waals surface area (Å²) in [7, 11) is -3.48. The third-order valence-corrected chi connectivity index (χ3v) is 6.55. The zero-order valence-corrected chi connectivity index (χ0v) is 15.0. The van der Waals surface area contributed by atoms with Gasteiger partial charge in [0.15, 0.2) is 14.8 Å².